The number of ether oxygens (including phenoxy) is 2. The summed E-state index contributed by atoms with van der Waals surface area (Å²) in [6, 6.07) is 6.56. The number of aliphatic hydroxyl groups is 1. The predicted molar refractivity (Wildman–Crippen MR) is 75.0 cm³/mol. The monoisotopic (exact) mass is 283 g/mol. The number of urea groups is 1. The first-order valence-corrected chi connectivity index (χ1v) is 6.30. The number of aliphatic hydroxyl groups excluding tert-OH is 1. The van der Waals surface area contributed by atoms with Crippen molar-refractivity contribution in [3.63, 3.8) is 0 Å². The first-order valence-electron chi connectivity index (χ1n) is 6.30. The van der Waals surface area contributed by atoms with Crippen LogP contribution in [0.2, 0.25) is 0 Å². The lowest BCUT2D eigenvalue weighted by Gasteiger charge is -2.13. The van der Waals surface area contributed by atoms with Crippen LogP contribution < -0.4 is 25.8 Å². The molecule has 5 N–H and O–H groups in total. The summed E-state index contributed by atoms with van der Waals surface area (Å²) in [5.74, 6) is 1.42. The van der Waals surface area contributed by atoms with Gasteiger partial charge in [-0.25, -0.2) is 4.79 Å². The van der Waals surface area contributed by atoms with E-state index in [9.17, 15) is 9.90 Å². The van der Waals surface area contributed by atoms with Crippen molar-refractivity contribution in [2.75, 3.05) is 33.4 Å². The van der Waals surface area contributed by atoms with Crippen LogP contribution >= 0.6 is 0 Å². The van der Waals surface area contributed by atoms with Gasteiger partial charge in [-0.3, -0.25) is 0 Å². The Morgan fingerprint density at radius 2 is 1.95 bits per heavy atom. The number of amides is 2. The molecule has 1 aromatic carbocycles. The largest absolute Gasteiger partial charge is 0.497 e. The van der Waals surface area contributed by atoms with Crippen LogP contribution in [-0.4, -0.2) is 50.6 Å². The van der Waals surface area contributed by atoms with Crippen molar-refractivity contribution >= 4 is 6.03 Å². The number of carbonyl (C=O) groups excluding carboxylic acids is 1. The van der Waals surface area contributed by atoms with Gasteiger partial charge >= 0.3 is 6.03 Å². The van der Waals surface area contributed by atoms with Crippen LogP contribution in [0.15, 0.2) is 24.3 Å². The van der Waals surface area contributed by atoms with Gasteiger partial charge in [0.15, 0.2) is 0 Å². The number of carbonyl (C=O) groups is 1. The number of methoxy groups -OCH3 is 1. The molecule has 0 aliphatic carbocycles. The third-order valence-electron chi connectivity index (χ3n) is 2.48. The minimum Gasteiger partial charge on any atom is -0.497 e. The number of nitrogens with one attached hydrogen (secondary N) is 2. The molecule has 1 atom stereocenters. The highest BCUT2D eigenvalue weighted by Crippen LogP contribution is 2.16. The van der Waals surface area contributed by atoms with Crippen molar-refractivity contribution in [2.45, 2.75) is 6.10 Å². The zero-order chi connectivity index (χ0) is 14.8. The van der Waals surface area contributed by atoms with Crippen molar-refractivity contribution < 1.29 is 19.4 Å². The Hall–Kier alpha value is -1.99. The second kappa shape index (κ2) is 9.00. The topological polar surface area (TPSA) is 106 Å². The maximum Gasteiger partial charge on any atom is 0.312 e. The van der Waals surface area contributed by atoms with Crippen LogP contribution in [0, 0.1) is 0 Å². The van der Waals surface area contributed by atoms with Gasteiger partial charge < -0.3 is 30.9 Å². The average Bonchev–Trinajstić information content (AvgIpc) is 2.45. The molecule has 0 saturated carbocycles. The van der Waals surface area contributed by atoms with E-state index < -0.39 is 12.1 Å². The highest BCUT2D eigenvalue weighted by Gasteiger charge is 2.05. The zero-order valence-corrected chi connectivity index (χ0v) is 11.5. The molecular formula is C13H21N3O4. The van der Waals surface area contributed by atoms with Gasteiger partial charge in [-0.15, -0.1) is 0 Å². The van der Waals surface area contributed by atoms with E-state index in [0.29, 0.717) is 25.4 Å². The van der Waals surface area contributed by atoms with Crippen molar-refractivity contribution in [3.8, 4) is 11.5 Å². The number of hydrogen-bond donors (Lipinski definition) is 4. The van der Waals surface area contributed by atoms with Crippen LogP contribution in [-0.2, 0) is 0 Å². The molecule has 7 nitrogen and oxygen atoms in total. The maximum atomic E-state index is 10.4. The Bertz CT molecular complexity index is 397. The predicted octanol–water partition coefficient (Wildman–Crippen LogP) is -0.307. The molecule has 0 aromatic heterocycles. The lowest BCUT2D eigenvalue weighted by atomic mass is 10.3. The van der Waals surface area contributed by atoms with Crippen LogP contribution in [0.25, 0.3) is 0 Å². The summed E-state index contributed by atoms with van der Waals surface area (Å²) in [4.78, 5) is 10.4. The van der Waals surface area contributed by atoms with E-state index in [1.165, 1.54) is 0 Å². The normalized spacial score (nSPS) is 11.7. The Kier molecular flexibility index (Phi) is 7.23. The number of benzene rings is 1. The minimum atomic E-state index is -0.634. The molecule has 0 saturated heterocycles. The Balaban J connectivity index is 2.12. The second-order valence-corrected chi connectivity index (χ2v) is 4.14. The lowest BCUT2D eigenvalue weighted by molar-refractivity contribution is 0.106. The molecule has 0 aliphatic rings. The summed E-state index contributed by atoms with van der Waals surface area (Å²) in [5.41, 5.74) is 4.91. The van der Waals surface area contributed by atoms with Crippen LogP contribution in [0.3, 0.4) is 0 Å². The highest BCUT2D eigenvalue weighted by molar-refractivity contribution is 5.71. The van der Waals surface area contributed by atoms with Gasteiger partial charge in [0.25, 0.3) is 0 Å². The van der Waals surface area contributed by atoms with Gasteiger partial charge in [-0.1, -0.05) is 0 Å². The number of rotatable bonds is 9. The van der Waals surface area contributed by atoms with Crippen molar-refractivity contribution in [3.05, 3.63) is 24.3 Å². The molecule has 0 fully saturated rings. The fourth-order valence-electron chi connectivity index (χ4n) is 1.47. The zero-order valence-electron chi connectivity index (χ0n) is 11.5. The number of primary amides is 1. The van der Waals surface area contributed by atoms with E-state index in [2.05, 4.69) is 10.6 Å². The molecule has 1 unspecified atom stereocenters. The van der Waals surface area contributed by atoms with Crippen molar-refractivity contribution in [1.82, 2.24) is 10.6 Å². The van der Waals surface area contributed by atoms with Gasteiger partial charge in [-0.05, 0) is 24.3 Å². The second-order valence-electron chi connectivity index (χ2n) is 4.14. The average molecular weight is 283 g/mol. The third-order valence-corrected chi connectivity index (χ3v) is 2.48. The molecule has 1 rings (SSSR count). The molecule has 0 bridgehead atoms. The Morgan fingerprint density at radius 1 is 1.30 bits per heavy atom. The lowest BCUT2D eigenvalue weighted by Crippen LogP contribution is -2.38. The van der Waals surface area contributed by atoms with E-state index in [1.807, 2.05) is 0 Å². The van der Waals surface area contributed by atoms with Gasteiger partial charge in [0, 0.05) is 19.6 Å². The van der Waals surface area contributed by atoms with Crippen LogP contribution in [0.1, 0.15) is 0 Å². The van der Waals surface area contributed by atoms with Gasteiger partial charge in [0.1, 0.15) is 24.2 Å². The van der Waals surface area contributed by atoms with E-state index in [0.717, 1.165) is 5.75 Å². The smallest absolute Gasteiger partial charge is 0.312 e. The minimum absolute atomic E-state index is 0.183. The summed E-state index contributed by atoms with van der Waals surface area (Å²) >= 11 is 0. The van der Waals surface area contributed by atoms with E-state index in [4.69, 9.17) is 15.2 Å². The molecular weight excluding hydrogens is 262 g/mol. The summed E-state index contributed by atoms with van der Waals surface area (Å²) < 4.78 is 10.5. The van der Waals surface area contributed by atoms with E-state index in [1.54, 1.807) is 31.4 Å². The first kappa shape index (κ1) is 16.1. The molecule has 7 heteroatoms. The summed E-state index contributed by atoms with van der Waals surface area (Å²) in [5, 5.41) is 15.1. The van der Waals surface area contributed by atoms with E-state index >= 15 is 0 Å². The Labute approximate surface area is 118 Å². The quantitative estimate of drug-likeness (QED) is 0.465. The molecule has 0 aliphatic heterocycles. The standard InChI is InChI=1S/C13H21N3O4/c1-19-11-2-4-12(5-3-11)20-9-10(17)8-15-6-7-16-13(14)18/h2-5,10,15,17H,6-9H2,1H3,(H3,14,16,18). The fourth-order valence-corrected chi connectivity index (χ4v) is 1.47. The summed E-state index contributed by atoms with van der Waals surface area (Å²) in [7, 11) is 1.60. The summed E-state index contributed by atoms with van der Waals surface area (Å²) in [6.07, 6.45) is -0.634. The summed E-state index contributed by atoms with van der Waals surface area (Å²) in [6.45, 7) is 1.50. The molecule has 2 amide bonds. The molecule has 1 aromatic rings. The maximum absolute atomic E-state index is 10.4. The highest BCUT2D eigenvalue weighted by atomic mass is 16.5. The third kappa shape index (κ3) is 6.81. The molecule has 20 heavy (non-hydrogen) atoms. The molecule has 0 heterocycles. The first-order chi connectivity index (χ1) is 9.61. The molecule has 112 valence electrons. The van der Waals surface area contributed by atoms with Gasteiger partial charge in [0.05, 0.1) is 7.11 Å². The fraction of sp³-hybridized carbons (Fsp3) is 0.462. The number of hydrogen-bond acceptors (Lipinski definition) is 5. The molecule has 0 radical (unpaired) electrons. The van der Waals surface area contributed by atoms with Crippen molar-refractivity contribution in [2.24, 2.45) is 5.73 Å². The Morgan fingerprint density at radius 3 is 2.55 bits per heavy atom. The van der Waals surface area contributed by atoms with Crippen LogP contribution in [0.4, 0.5) is 4.79 Å². The molecule has 0 spiro atoms. The van der Waals surface area contributed by atoms with E-state index in [-0.39, 0.29) is 6.61 Å². The van der Waals surface area contributed by atoms with Gasteiger partial charge in [0.2, 0.25) is 0 Å². The van der Waals surface area contributed by atoms with Crippen LogP contribution in [0.5, 0.6) is 11.5 Å². The van der Waals surface area contributed by atoms with Gasteiger partial charge in [-0.2, -0.15) is 0 Å². The van der Waals surface area contributed by atoms with Crippen molar-refractivity contribution in [1.29, 1.82) is 0 Å². The number of nitrogens with two attached hydrogens (primary N) is 1. The SMILES string of the molecule is COc1ccc(OCC(O)CNCCNC(N)=O)cc1.